The number of para-hydroxylation sites is 2. The Labute approximate surface area is 151 Å². The minimum atomic E-state index is -0.779. The number of carbonyl (C=O) groups excluding carboxylic acids is 2. The number of methoxy groups -OCH3 is 1. The number of hydrogen-bond acceptors (Lipinski definition) is 4. The first-order valence-corrected chi connectivity index (χ1v) is 8.41. The highest BCUT2D eigenvalue weighted by molar-refractivity contribution is 5.95. The summed E-state index contributed by atoms with van der Waals surface area (Å²) in [5, 5.41) is 2.66. The third kappa shape index (κ3) is 3.54. The molecule has 0 unspecified atom stereocenters. The molecule has 1 fully saturated rings. The maximum absolute atomic E-state index is 13.1. The number of esters is 1. The van der Waals surface area contributed by atoms with E-state index in [0.29, 0.717) is 24.3 Å². The maximum atomic E-state index is 13.1. The third-order valence-corrected chi connectivity index (χ3v) is 4.71. The number of hydrogen-bond donors (Lipinski definition) is 1. The van der Waals surface area contributed by atoms with Crippen LogP contribution < -0.4 is 10.1 Å². The van der Waals surface area contributed by atoms with Crippen LogP contribution in [-0.4, -0.2) is 25.6 Å². The average molecular weight is 357 g/mol. The molecular weight excluding hydrogens is 337 g/mol. The van der Waals surface area contributed by atoms with Crippen LogP contribution in [0, 0.1) is 5.82 Å². The second-order valence-electron chi connectivity index (χ2n) is 6.27. The molecule has 2 aromatic carbocycles. The number of carbonyl (C=O) groups is 2. The van der Waals surface area contributed by atoms with Crippen molar-refractivity contribution in [3.05, 3.63) is 59.9 Å². The lowest BCUT2D eigenvalue weighted by Gasteiger charge is -2.39. The van der Waals surface area contributed by atoms with Crippen molar-refractivity contribution in [2.45, 2.75) is 24.7 Å². The van der Waals surface area contributed by atoms with Gasteiger partial charge in [0.05, 0.1) is 18.2 Å². The van der Waals surface area contributed by atoms with Crippen molar-refractivity contribution in [3.8, 4) is 5.75 Å². The number of halogens is 1. The van der Waals surface area contributed by atoms with E-state index >= 15 is 0 Å². The first kappa shape index (κ1) is 17.9. The van der Waals surface area contributed by atoms with Crippen LogP contribution in [0.4, 0.5) is 10.1 Å². The van der Waals surface area contributed by atoms with Gasteiger partial charge in [0.25, 0.3) is 5.91 Å². The summed E-state index contributed by atoms with van der Waals surface area (Å²) in [6, 6.07) is 12.8. The third-order valence-electron chi connectivity index (χ3n) is 4.71. The Morgan fingerprint density at radius 2 is 1.81 bits per heavy atom. The smallest absolute Gasteiger partial charge is 0.317 e. The molecule has 5 nitrogen and oxygen atoms in total. The lowest BCUT2D eigenvalue weighted by atomic mass is 9.64. The van der Waals surface area contributed by atoms with Gasteiger partial charge in [-0.2, -0.15) is 0 Å². The second-order valence-corrected chi connectivity index (χ2v) is 6.27. The minimum Gasteiger partial charge on any atom is -0.495 e. The molecule has 1 saturated carbocycles. The van der Waals surface area contributed by atoms with Crippen molar-refractivity contribution in [1.82, 2.24) is 0 Å². The topological polar surface area (TPSA) is 64.6 Å². The van der Waals surface area contributed by atoms with Crippen molar-refractivity contribution in [2.75, 3.05) is 19.0 Å². The molecule has 0 saturated heterocycles. The molecule has 136 valence electrons. The largest absolute Gasteiger partial charge is 0.495 e. The molecule has 0 aromatic heterocycles. The molecule has 6 heteroatoms. The Balaban J connectivity index is 1.62. The zero-order valence-electron chi connectivity index (χ0n) is 14.5. The summed E-state index contributed by atoms with van der Waals surface area (Å²) < 4.78 is 23.6. The van der Waals surface area contributed by atoms with E-state index in [0.717, 1.165) is 12.0 Å². The Hall–Kier alpha value is -2.89. The van der Waals surface area contributed by atoms with Crippen LogP contribution in [0.25, 0.3) is 0 Å². The van der Waals surface area contributed by atoms with Gasteiger partial charge in [0.15, 0.2) is 6.61 Å². The van der Waals surface area contributed by atoms with Gasteiger partial charge in [-0.3, -0.25) is 9.59 Å². The highest BCUT2D eigenvalue weighted by Gasteiger charge is 2.47. The Morgan fingerprint density at radius 3 is 2.42 bits per heavy atom. The predicted octanol–water partition coefficient (Wildman–Crippen LogP) is 3.44. The molecule has 1 aliphatic carbocycles. The van der Waals surface area contributed by atoms with Gasteiger partial charge in [-0.15, -0.1) is 0 Å². The fourth-order valence-electron chi connectivity index (χ4n) is 3.11. The minimum absolute atomic E-state index is 0.354. The molecule has 0 bridgehead atoms. The van der Waals surface area contributed by atoms with Gasteiger partial charge < -0.3 is 14.8 Å². The van der Waals surface area contributed by atoms with Crippen LogP contribution in [0.15, 0.2) is 48.5 Å². The van der Waals surface area contributed by atoms with Gasteiger partial charge in [0.1, 0.15) is 11.6 Å². The number of anilines is 1. The van der Waals surface area contributed by atoms with Gasteiger partial charge in [-0.25, -0.2) is 4.39 Å². The van der Waals surface area contributed by atoms with Gasteiger partial charge in [0, 0.05) is 0 Å². The van der Waals surface area contributed by atoms with E-state index in [1.165, 1.54) is 19.2 Å². The molecule has 0 atom stereocenters. The van der Waals surface area contributed by atoms with Crippen LogP contribution in [0.2, 0.25) is 0 Å². The summed E-state index contributed by atoms with van der Waals surface area (Å²) in [4.78, 5) is 24.7. The van der Waals surface area contributed by atoms with E-state index in [9.17, 15) is 14.0 Å². The predicted molar refractivity (Wildman–Crippen MR) is 94.5 cm³/mol. The number of rotatable bonds is 6. The standard InChI is InChI=1S/C20H20FNO4/c1-25-17-6-3-2-5-16(17)22-18(23)13-26-19(24)20(11-4-12-20)14-7-9-15(21)10-8-14/h2-3,5-10H,4,11-13H2,1H3,(H,22,23). The lowest BCUT2D eigenvalue weighted by molar-refractivity contribution is -0.156. The van der Waals surface area contributed by atoms with E-state index in [1.807, 2.05) is 0 Å². The summed E-state index contributed by atoms with van der Waals surface area (Å²) in [5.41, 5.74) is 0.450. The molecule has 0 aliphatic heterocycles. The quantitative estimate of drug-likeness (QED) is 0.805. The van der Waals surface area contributed by atoms with Crippen molar-refractivity contribution in [3.63, 3.8) is 0 Å². The molecule has 0 heterocycles. The van der Waals surface area contributed by atoms with Crippen molar-refractivity contribution in [2.24, 2.45) is 0 Å². The summed E-state index contributed by atoms with van der Waals surface area (Å²) in [5.74, 6) is -0.733. The summed E-state index contributed by atoms with van der Waals surface area (Å²) in [7, 11) is 1.51. The van der Waals surface area contributed by atoms with E-state index in [2.05, 4.69) is 5.32 Å². The van der Waals surface area contributed by atoms with Crippen LogP contribution in [0.5, 0.6) is 5.75 Å². The fraction of sp³-hybridized carbons (Fsp3) is 0.300. The monoisotopic (exact) mass is 357 g/mol. The number of ether oxygens (including phenoxy) is 2. The van der Waals surface area contributed by atoms with E-state index in [-0.39, 0.29) is 12.4 Å². The normalized spacial score (nSPS) is 14.8. The SMILES string of the molecule is COc1ccccc1NC(=O)COC(=O)C1(c2ccc(F)cc2)CCC1. The summed E-state index contributed by atoms with van der Waals surface area (Å²) in [6.07, 6.45) is 2.15. The second kappa shape index (κ2) is 7.56. The van der Waals surface area contributed by atoms with Crippen molar-refractivity contribution in [1.29, 1.82) is 0 Å². The molecule has 3 rings (SSSR count). The maximum Gasteiger partial charge on any atom is 0.317 e. The van der Waals surface area contributed by atoms with Crippen molar-refractivity contribution < 1.29 is 23.5 Å². The highest BCUT2D eigenvalue weighted by atomic mass is 19.1. The molecule has 1 N–H and O–H groups in total. The van der Waals surface area contributed by atoms with Gasteiger partial charge in [-0.05, 0) is 42.7 Å². The zero-order valence-corrected chi connectivity index (χ0v) is 14.5. The Kier molecular flexibility index (Phi) is 5.21. The number of amides is 1. The lowest BCUT2D eigenvalue weighted by Crippen LogP contribution is -2.44. The highest BCUT2D eigenvalue weighted by Crippen LogP contribution is 2.44. The molecule has 26 heavy (non-hydrogen) atoms. The zero-order chi connectivity index (χ0) is 18.6. The van der Waals surface area contributed by atoms with E-state index in [4.69, 9.17) is 9.47 Å². The number of nitrogens with one attached hydrogen (secondary N) is 1. The van der Waals surface area contributed by atoms with Crippen molar-refractivity contribution >= 4 is 17.6 Å². The summed E-state index contributed by atoms with van der Waals surface area (Å²) in [6.45, 7) is -0.389. The van der Waals surface area contributed by atoms with E-state index < -0.39 is 17.3 Å². The molecular formula is C20H20FNO4. The molecule has 2 aromatic rings. The van der Waals surface area contributed by atoms with Crippen LogP contribution in [0.1, 0.15) is 24.8 Å². The fourth-order valence-corrected chi connectivity index (χ4v) is 3.11. The molecule has 1 amide bonds. The average Bonchev–Trinajstić information content (AvgIpc) is 2.61. The Morgan fingerprint density at radius 1 is 1.12 bits per heavy atom. The first-order valence-electron chi connectivity index (χ1n) is 8.41. The van der Waals surface area contributed by atoms with Crippen LogP contribution in [0.3, 0.4) is 0 Å². The Bertz CT molecular complexity index is 800. The summed E-state index contributed by atoms with van der Waals surface area (Å²) >= 11 is 0. The molecule has 1 aliphatic rings. The van der Waals surface area contributed by atoms with Gasteiger partial charge in [-0.1, -0.05) is 30.7 Å². The van der Waals surface area contributed by atoms with Gasteiger partial charge in [0.2, 0.25) is 0 Å². The van der Waals surface area contributed by atoms with Crippen LogP contribution >= 0.6 is 0 Å². The molecule has 0 radical (unpaired) electrons. The van der Waals surface area contributed by atoms with Crippen LogP contribution in [-0.2, 0) is 19.7 Å². The first-order chi connectivity index (χ1) is 12.5. The van der Waals surface area contributed by atoms with E-state index in [1.54, 1.807) is 36.4 Å². The molecule has 0 spiro atoms. The number of benzene rings is 2. The van der Waals surface area contributed by atoms with Gasteiger partial charge >= 0.3 is 5.97 Å².